The number of anilines is 1. The molecule has 5 nitrogen and oxygen atoms in total. The molecule has 1 aromatic heterocycles. The molecule has 0 aliphatic heterocycles. The second-order valence-corrected chi connectivity index (χ2v) is 8.98. The van der Waals surface area contributed by atoms with E-state index < -0.39 is 47.5 Å². The summed E-state index contributed by atoms with van der Waals surface area (Å²) in [6, 6.07) is 10.8. The Kier molecular flexibility index (Phi) is 5.66. The van der Waals surface area contributed by atoms with Gasteiger partial charge < -0.3 is 15.5 Å². The first kappa shape index (κ1) is 24.1. The van der Waals surface area contributed by atoms with E-state index in [2.05, 4.69) is 10.4 Å². The van der Waals surface area contributed by atoms with Crippen LogP contribution < -0.4 is 5.32 Å². The lowest BCUT2D eigenvalue weighted by Gasteiger charge is -2.45. The highest BCUT2D eigenvalue weighted by Crippen LogP contribution is 2.55. The van der Waals surface area contributed by atoms with Crippen molar-refractivity contribution in [2.45, 2.75) is 43.5 Å². The van der Waals surface area contributed by atoms with Crippen molar-refractivity contribution in [1.82, 2.24) is 9.78 Å². The number of hydrogen-bond donors (Lipinski definition) is 3. The van der Waals surface area contributed by atoms with Gasteiger partial charge in [-0.1, -0.05) is 19.1 Å². The molecular weight excluding hydrogens is 481 g/mol. The van der Waals surface area contributed by atoms with Gasteiger partial charge in [0.2, 0.25) is 0 Å². The molecule has 0 saturated heterocycles. The summed E-state index contributed by atoms with van der Waals surface area (Å²) in [6.45, 7) is 1.62. The number of hydrogen-bond acceptors (Lipinski definition) is 4. The molecule has 1 unspecified atom stereocenters. The summed E-state index contributed by atoms with van der Waals surface area (Å²) < 4.78 is 72.2. The fraction of sp³-hybridized carbons (Fsp3) is 0.269. The van der Waals surface area contributed by atoms with Gasteiger partial charge in [0.15, 0.2) is 17.2 Å². The SMILES string of the molecule is CC[C@@H]1C[C@](O)(C(F)(F)F)C(Nc2cccc3c2cnn3-c2ccc(F)cc2)c2ccc(F)c(O)c21. The fourth-order valence-electron chi connectivity index (χ4n) is 5.08. The molecule has 3 N–H and O–H groups in total. The fourth-order valence-corrected chi connectivity index (χ4v) is 5.08. The lowest BCUT2D eigenvalue weighted by Crippen LogP contribution is -2.55. The first-order chi connectivity index (χ1) is 17.0. The number of nitrogens with one attached hydrogen (secondary N) is 1. The van der Waals surface area contributed by atoms with Crippen molar-refractivity contribution in [3.8, 4) is 11.4 Å². The van der Waals surface area contributed by atoms with E-state index in [4.69, 9.17) is 0 Å². The van der Waals surface area contributed by atoms with Gasteiger partial charge in [0.05, 0.1) is 23.4 Å². The van der Waals surface area contributed by atoms with Crippen molar-refractivity contribution < 1.29 is 32.2 Å². The zero-order valence-corrected chi connectivity index (χ0v) is 19.0. The lowest BCUT2D eigenvalue weighted by atomic mass is 9.69. The number of aromatic nitrogens is 2. The minimum absolute atomic E-state index is 0.0326. The maximum absolute atomic E-state index is 14.4. The number of phenolic OH excluding ortho intramolecular Hbond substituents is 1. The number of benzene rings is 3. The molecule has 5 rings (SSSR count). The molecule has 188 valence electrons. The highest BCUT2D eigenvalue weighted by molar-refractivity contribution is 5.92. The van der Waals surface area contributed by atoms with Crippen LogP contribution in [0.25, 0.3) is 16.6 Å². The van der Waals surface area contributed by atoms with Crippen LogP contribution in [0.1, 0.15) is 42.9 Å². The number of aromatic hydroxyl groups is 1. The van der Waals surface area contributed by atoms with Gasteiger partial charge in [0.1, 0.15) is 5.82 Å². The van der Waals surface area contributed by atoms with Crippen LogP contribution in [0.4, 0.5) is 27.6 Å². The molecule has 0 amide bonds. The Bertz CT molecular complexity index is 1430. The number of fused-ring (bicyclic) bond motifs is 2. The van der Waals surface area contributed by atoms with Crippen molar-refractivity contribution in [3.63, 3.8) is 0 Å². The van der Waals surface area contributed by atoms with E-state index in [0.29, 0.717) is 16.6 Å². The molecule has 3 atom stereocenters. The summed E-state index contributed by atoms with van der Waals surface area (Å²) in [4.78, 5) is 0. The van der Waals surface area contributed by atoms with Gasteiger partial charge in [0, 0.05) is 16.6 Å². The van der Waals surface area contributed by atoms with Gasteiger partial charge >= 0.3 is 6.18 Å². The van der Waals surface area contributed by atoms with Gasteiger partial charge in [-0.25, -0.2) is 13.5 Å². The molecular formula is C26H22F5N3O2. The molecule has 1 aliphatic rings. The largest absolute Gasteiger partial charge is 0.505 e. The number of alkyl halides is 3. The van der Waals surface area contributed by atoms with E-state index in [1.165, 1.54) is 41.2 Å². The third-order valence-electron chi connectivity index (χ3n) is 6.92. The first-order valence-electron chi connectivity index (χ1n) is 11.3. The monoisotopic (exact) mass is 503 g/mol. The lowest BCUT2D eigenvalue weighted by molar-refractivity contribution is -0.272. The normalized spacial score (nSPS) is 22.0. The van der Waals surface area contributed by atoms with Crippen LogP contribution in [-0.4, -0.2) is 31.8 Å². The predicted octanol–water partition coefficient (Wildman–Crippen LogP) is 6.35. The van der Waals surface area contributed by atoms with Gasteiger partial charge in [-0.2, -0.15) is 18.3 Å². The van der Waals surface area contributed by atoms with Crippen molar-refractivity contribution >= 4 is 16.6 Å². The minimum atomic E-state index is -5.02. The maximum atomic E-state index is 14.4. The van der Waals surface area contributed by atoms with Gasteiger partial charge in [-0.05, 0) is 66.8 Å². The molecule has 1 heterocycles. The Hall–Kier alpha value is -3.66. The molecule has 1 aliphatic carbocycles. The number of rotatable bonds is 4. The van der Waals surface area contributed by atoms with E-state index in [0.717, 1.165) is 6.07 Å². The predicted molar refractivity (Wildman–Crippen MR) is 124 cm³/mol. The van der Waals surface area contributed by atoms with Gasteiger partial charge in [0.25, 0.3) is 0 Å². The summed E-state index contributed by atoms with van der Waals surface area (Å²) in [5.41, 5.74) is -1.85. The summed E-state index contributed by atoms with van der Waals surface area (Å²) in [5, 5.41) is 29.1. The zero-order chi connectivity index (χ0) is 25.8. The standard InChI is InChI=1S/C26H22F5N3O2/c1-2-14-12-25(36,26(29,30)31)24(17-10-11-19(28)23(35)22(14)17)33-20-4-3-5-21-18(20)13-32-34(21)16-8-6-15(27)7-9-16/h3-11,13-14,24,33,35-36H,2,12H2,1H3/t14-,24?,25-/m1/s1. The van der Waals surface area contributed by atoms with E-state index in [9.17, 15) is 32.2 Å². The van der Waals surface area contributed by atoms with E-state index in [-0.39, 0.29) is 23.2 Å². The van der Waals surface area contributed by atoms with Crippen LogP contribution in [-0.2, 0) is 0 Å². The molecule has 0 saturated carbocycles. The van der Waals surface area contributed by atoms with Crippen LogP contribution in [0.3, 0.4) is 0 Å². The number of phenols is 1. The topological polar surface area (TPSA) is 70.3 Å². The Morgan fingerprint density at radius 3 is 2.47 bits per heavy atom. The average molecular weight is 503 g/mol. The summed E-state index contributed by atoms with van der Waals surface area (Å²) in [7, 11) is 0. The third kappa shape index (κ3) is 3.67. The molecule has 0 bridgehead atoms. The zero-order valence-electron chi connectivity index (χ0n) is 19.0. The second-order valence-electron chi connectivity index (χ2n) is 8.98. The van der Waals surface area contributed by atoms with Gasteiger partial charge in [-0.15, -0.1) is 0 Å². The van der Waals surface area contributed by atoms with Crippen LogP contribution in [0.15, 0.2) is 60.8 Å². The van der Waals surface area contributed by atoms with Crippen molar-refractivity contribution in [2.24, 2.45) is 0 Å². The minimum Gasteiger partial charge on any atom is -0.505 e. The van der Waals surface area contributed by atoms with E-state index >= 15 is 0 Å². The Morgan fingerprint density at radius 2 is 1.81 bits per heavy atom. The molecule has 3 aromatic carbocycles. The van der Waals surface area contributed by atoms with Crippen LogP contribution in [0.2, 0.25) is 0 Å². The molecule has 0 fully saturated rings. The van der Waals surface area contributed by atoms with Crippen molar-refractivity contribution in [3.05, 3.63) is 83.6 Å². The summed E-state index contributed by atoms with van der Waals surface area (Å²) in [5.74, 6) is -2.98. The number of aliphatic hydroxyl groups is 1. The van der Waals surface area contributed by atoms with E-state index in [1.54, 1.807) is 25.1 Å². The Morgan fingerprint density at radius 1 is 1.08 bits per heavy atom. The van der Waals surface area contributed by atoms with Crippen LogP contribution in [0, 0.1) is 11.6 Å². The Labute approximate surface area is 202 Å². The summed E-state index contributed by atoms with van der Waals surface area (Å²) >= 11 is 0. The summed E-state index contributed by atoms with van der Waals surface area (Å²) in [6.07, 6.45) is -4.16. The molecule has 10 heteroatoms. The van der Waals surface area contributed by atoms with Crippen molar-refractivity contribution in [2.75, 3.05) is 5.32 Å². The molecule has 4 aromatic rings. The molecule has 0 radical (unpaired) electrons. The number of halogens is 5. The second kappa shape index (κ2) is 8.48. The highest BCUT2D eigenvalue weighted by Gasteiger charge is 2.62. The number of nitrogens with zero attached hydrogens (tertiary/aromatic N) is 2. The molecule has 0 spiro atoms. The highest BCUT2D eigenvalue weighted by atomic mass is 19.4. The molecule has 36 heavy (non-hydrogen) atoms. The smallest absolute Gasteiger partial charge is 0.419 e. The quantitative estimate of drug-likeness (QED) is 0.284. The van der Waals surface area contributed by atoms with Gasteiger partial charge in [-0.3, -0.25) is 0 Å². The third-order valence-corrected chi connectivity index (χ3v) is 6.92. The van der Waals surface area contributed by atoms with Crippen molar-refractivity contribution in [1.29, 1.82) is 0 Å². The van der Waals surface area contributed by atoms with Crippen LogP contribution >= 0.6 is 0 Å². The van der Waals surface area contributed by atoms with Crippen LogP contribution in [0.5, 0.6) is 5.75 Å². The maximum Gasteiger partial charge on any atom is 0.419 e. The van der Waals surface area contributed by atoms with E-state index in [1.807, 2.05) is 0 Å². The Balaban J connectivity index is 1.66. The average Bonchev–Trinajstić information content (AvgIpc) is 3.27. The first-order valence-corrected chi connectivity index (χ1v) is 11.3.